The maximum atomic E-state index is 10.7. The lowest BCUT2D eigenvalue weighted by atomic mass is 10.2. The smallest absolute Gasteiger partial charge is 0.571 e. The van der Waals surface area contributed by atoms with Gasteiger partial charge in [-0.2, -0.15) is 10.0 Å². The number of hydrogen-bond donors (Lipinski definition) is 2. The second-order valence-corrected chi connectivity index (χ2v) is 4.13. The second-order valence-electron chi connectivity index (χ2n) is 2.04. The van der Waals surface area contributed by atoms with Gasteiger partial charge in [-0.1, -0.05) is 0 Å². The number of carbonyl (C=O) groups is 2. The molecule has 2 atom stereocenters. The minimum absolute atomic E-state index is 1.14. The number of rotatable bonds is 0. The molecule has 8 heteroatoms. The molecule has 0 bridgehead atoms. The predicted octanol–water partition coefficient (Wildman–Crippen LogP) is -1.97. The number of aliphatic hydroxyl groups is 2. The van der Waals surface area contributed by atoms with Gasteiger partial charge >= 0.3 is 25.8 Å². The minimum Gasteiger partial charge on any atom is -0.571 e. The summed E-state index contributed by atoms with van der Waals surface area (Å²) in [5, 5.41) is 17.7. The zero-order valence-electron chi connectivity index (χ0n) is 5.64. The van der Waals surface area contributed by atoms with Crippen LogP contribution in [0.3, 0.4) is 0 Å². The van der Waals surface area contributed by atoms with Gasteiger partial charge < -0.3 is 17.8 Å². The van der Waals surface area contributed by atoms with Crippen LogP contribution < -0.4 is 0 Å². The van der Waals surface area contributed by atoms with Gasteiger partial charge in [0.1, 0.15) is 0 Å². The van der Waals surface area contributed by atoms with Crippen LogP contribution in [0.15, 0.2) is 0 Å². The summed E-state index contributed by atoms with van der Waals surface area (Å²) in [7, 11) is 5.27. The SMILES string of the molecule is O=C1[O][Al]([Cl])[O]C(=O)C(O)C1O. The standard InChI is InChI=1S/C4H6O6.Al.ClH/c5-1(3(7)8)2(6)4(9)10;;/h1-2,5-6H,(H,7,8)(H,9,10);;1H/q;+3;/p-3. The molecule has 0 spiro atoms. The predicted molar refractivity (Wildman–Crippen MR) is 35.8 cm³/mol. The van der Waals surface area contributed by atoms with Crippen LogP contribution in [0.1, 0.15) is 0 Å². The van der Waals surface area contributed by atoms with Crippen LogP contribution in [0.25, 0.3) is 0 Å². The average Bonchev–Trinajstić information content (AvgIpc) is 2.05. The van der Waals surface area contributed by atoms with Crippen molar-refractivity contribution in [2.75, 3.05) is 0 Å². The molecule has 0 amide bonds. The average molecular weight is 211 g/mol. The first-order valence-corrected chi connectivity index (χ1v) is 5.62. The van der Waals surface area contributed by atoms with Crippen LogP contribution in [-0.2, 0) is 17.2 Å². The molecule has 0 aromatic heterocycles. The summed E-state index contributed by atoms with van der Waals surface area (Å²) in [6.45, 7) is 0. The van der Waals surface area contributed by atoms with E-state index >= 15 is 0 Å². The highest BCUT2D eigenvalue weighted by atomic mass is 35.6. The van der Waals surface area contributed by atoms with Crippen molar-refractivity contribution in [2.45, 2.75) is 12.2 Å². The van der Waals surface area contributed by atoms with Crippen molar-refractivity contribution in [3.63, 3.8) is 0 Å². The van der Waals surface area contributed by atoms with Crippen LogP contribution in [0.4, 0.5) is 0 Å². The van der Waals surface area contributed by atoms with Crippen molar-refractivity contribution in [1.29, 1.82) is 0 Å². The Hall–Kier alpha value is -0.318. The van der Waals surface area contributed by atoms with E-state index in [0.717, 1.165) is 0 Å². The highest BCUT2D eigenvalue weighted by Crippen LogP contribution is 2.09. The highest BCUT2D eigenvalue weighted by Gasteiger charge is 2.46. The fourth-order valence-electron chi connectivity index (χ4n) is 0.604. The molecule has 0 aliphatic carbocycles. The fourth-order valence-corrected chi connectivity index (χ4v) is 1.82. The van der Waals surface area contributed by atoms with Gasteiger partial charge in [-0.15, -0.1) is 0 Å². The molecule has 1 fully saturated rings. The first-order chi connectivity index (χ1) is 5.52. The van der Waals surface area contributed by atoms with E-state index < -0.39 is 38.0 Å². The maximum absolute atomic E-state index is 10.7. The van der Waals surface area contributed by atoms with E-state index in [1.807, 2.05) is 0 Å². The third-order valence-electron chi connectivity index (χ3n) is 1.20. The van der Waals surface area contributed by atoms with Gasteiger partial charge in [0.25, 0.3) is 0 Å². The molecule has 1 aliphatic rings. The summed E-state index contributed by atoms with van der Waals surface area (Å²) < 4.78 is 8.55. The van der Waals surface area contributed by atoms with Crippen molar-refractivity contribution in [3.05, 3.63) is 0 Å². The number of halogens is 1. The van der Waals surface area contributed by atoms with Gasteiger partial charge in [0.15, 0.2) is 12.2 Å². The van der Waals surface area contributed by atoms with Gasteiger partial charge in [-0.25, -0.2) is 0 Å². The van der Waals surface area contributed by atoms with E-state index in [1.165, 1.54) is 0 Å². The molecule has 0 saturated carbocycles. The van der Waals surface area contributed by atoms with Crippen LogP contribution in [0.5, 0.6) is 0 Å². The summed E-state index contributed by atoms with van der Waals surface area (Å²) in [6.07, 6.45) is -3.82. The third-order valence-corrected chi connectivity index (χ3v) is 2.57. The molecule has 66 valence electrons. The second kappa shape index (κ2) is 3.60. The first kappa shape index (κ1) is 9.77. The lowest BCUT2D eigenvalue weighted by Gasteiger charge is -2.09. The largest absolute Gasteiger partial charge is 1.00 e. The number of hydrogen-bond acceptors (Lipinski definition) is 6. The molecule has 0 radical (unpaired) electrons. The number of aliphatic hydroxyl groups excluding tert-OH is 2. The topological polar surface area (TPSA) is 93.1 Å². The Morgan fingerprint density at radius 3 is 1.83 bits per heavy atom. The molecular weight excluding hydrogens is 206 g/mol. The summed E-state index contributed by atoms with van der Waals surface area (Å²) in [6, 6.07) is 0. The Morgan fingerprint density at radius 2 is 1.50 bits per heavy atom. The maximum Gasteiger partial charge on any atom is 1.00 e. The van der Waals surface area contributed by atoms with E-state index in [4.69, 9.17) is 20.3 Å². The van der Waals surface area contributed by atoms with Crippen molar-refractivity contribution >= 4 is 35.9 Å². The van der Waals surface area contributed by atoms with Gasteiger partial charge in [-0.05, 0) is 0 Å². The van der Waals surface area contributed by atoms with Gasteiger partial charge in [0.2, 0.25) is 0 Å². The highest BCUT2D eigenvalue weighted by molar-refractivity contribution is 7.00. The number of carbonyl (C=O) groups excluding carboxylic acids is 2. The van der Waals surface area contributed by atoms with Crippen LogP contribution in [0.2, 0.25) is 0 Å². The third kappa shape index (κ3) is 1.88. The lowest BCUT2D eigenvalue weighted by Crippen LogP contribution is -2.38. The summed E-state index contributed by atoms with van der Waals surface area (Å²) in [4.78, 5) is 21.3. The molecule has 2 unspecified atom stereocenters. The zero-order valence-corrected chi connectivity index (χ0v) is 7.55. The minimum atomic E-state index is -2.88. The van der Waals surface area contributed by atoms with Crippen molar-refractivity contribution < 1.29 is 27.4 Å². The van der Waals surface area contributed by atoms with Gasteiger partial charge in [0.05, 0.1) is 0 Å². The molecule has 1 aliphatic heterocycles. The summed E-state index contributed by atoms with van der Waals surface area (Å²) >= 11 is -2.88. The molecule has 1 rings (SSSR count). The summed E-state index contributed by atoms with van der Waals surface area (Å²) in [5.74, 6) is -2.28. The molecule has 0 aromatic rings. The van der Waals surface area contributed by atoms with E-state index in [2.05, 4.69) is 7.58 Å². The molecular formula is C4H4AlClO6. The molecule has 0 aromatic carbocycles. The van der Waals surface area contributed by atoms with Crippen molar-refractivity contribution in [1.82, 2.24) is 0 Å². The van der Waals surface area contributed by atoms with Crippen LogP contribution in [-0.4, -0.2) is 48.3 Å². The van der Waals surface area contributed by atoms with Crippen LogP contribution >= 0.6 is 10.0 Å². The molecule has 1 heterocycles. The molecule has 12 heavy (non-hydrogen) atoms. The Labute approximate surface area is 75.9 Å². The fraction of sp³-hybridized carbons (Fsp3) is 0.500. The van der Waals surface area contributed by atoms with E-state index in [9.17, 15) is 9.59 Å². The molecule has 2 N–H and O–H groups in total. The summed E-state index contributed by atoms with van der Waals surface area (Å²) in [5.41, 5.74) is 0. The van der Waals surface area contributed by atoms with Crippen molar-refractivity contribution in [2.24, 2.45) is 0 Å². The Balaban J connectivity index is 2.80. The Morgan fingerprint density at radius 1 is 1.17 bits per heavy atom. The Kier molecular flexibility index (Phi) is 2.93. The van der Waals surface area contributed by atoms with E-state index in [-0.39, 0.29) is 0 Å². The Bertz CT molecular complexity index is 198. The van der Waals surface area contributed by atoms with Crippen molar-refractivity contribution in [3.8, 4) is 0 Å². The lowest BCUT2D eigenvalue weighted by molar-refractivity contribution is -0.156. The normalized spacial score (nSPS) is 30.8. The first-order valence-electron chi connectivity index (χ1n) is 2.93. The zero-order chi connectivity index (χ0) is 9.30. The van der Waals surface area contributed by atoms with E-state index in [1.54, 1.807) is 0 Å². The van der Waals surface area contributed by atoms with E-state index in [0.29, 0.717) is 0 Å². The molecule has 6 nitrogen and oxygen atoms in total. The quantitative estimate of drug-likeness (QED) is 0.451. The van der Waals surface area contributed by atoms with Crippen LogP contribution in [0, 0.1) is 0 Å². The van der Waals surface area contributed by atoms with Gasteiger partial charge in [-0.3, -0.25) is 9.59 Å². The molecule has 1 saturated heterocycles. The monoisotopic (exact) mass is 210 g/mol. The van der Waals surface area contributed by atoms with Gasteiger partial charge in [0, 0.05) is 0 Å².